The number of nitrogens with one attached hydrogen (secondary N) is 2. The Labute approximate surface area is 185 Å². The van der Waals surface area contributed by atoms with Crippen LogP contribution in [0.5, 0.6) is 5.75 Å². The largest absolute Gasteiger partial charge is 0.478 e. The van der Waals surface area contributed by atoms with E-state index in [-0.39, 0.29) is 30.7 Å². The summed E-state index contributed by atoms with van der Waals surface area (Å²) in [4.78, 5) is 77.0. The van der Waals surface area contributed by atoms with E-state index in [1.165, 1.54) is 24.4 Å². The lowest BCUT2D eigenvalue weighted by atomic mass is 10.1. The van der Waals surface area contributed by atoms with Crippen molar-refractivity contribution in [2.24, 2.45) is 0 Å². The summed E-state index contributed by atoms with van der Waals surface area (Å²) in [6, 6.07) is 4.32. The number of carboxylic acids is 1. The van der Waals surface area contributed by atoms with Gasteiger partial charge in [0.1, 0.15) is 5.75 Å². The summed E-state index contributed by atoms with van der Waals surface area (Å²) in [5.74, 6) is -3.31. The van der Waals surface area contributed by atoms with Crippen LogP contribution in [-0.2, 0) is 33.5 Å². The average Bonchev–Trinajstić information content (AvgIpc) is 3.32. The lowest BCUT2D eigenvalue weighted by Gasteiger charge is -2.18. The van der Waals surface area contributed by atoms with Crippen LogP contribution in [0.3, 0.4) is 0 Å². The number of hydrogen-bond acceptors (Lipinski definition) is 9. The van der Waals surface area contributed by atoms with Crippen molar-refractivity contribution >= 4 is 47.0 Å². The third-order valence-corrected chi connectivity index (χ3v) is 4.53. The smallest absolute Gasteiger partial charge is 0.412 e. The molecule has 0 radical (unpaired) electrons. The number of amides is 3. The van der Waals surface area contributed by atoms with Gasteiger partial charge >= 0.3 is 18.0 Å². The topological polar surface area (TPSA) is 181 Å². The highest BCUT2D eigenvalue weighted by atomic mass is 16.7. The molecule has 13 heteroatoms. The Hall–Kier alpha value is -4.26. The molecule has 1 saturated heterocycles. The van der Waals surface area contributed by atoms with Gasteiger partial charge < -0.3 is 29.7 Å². The number of esters is 1. The molecule has 0 aliphatic carbocycles. The molecule has 0 spiro atoms. The fraction of sp³-hybridized carbons (Fsp3) is 0.300. The van der Waals surface area contributed by atoms with Crippen LogP contribution in [0, 0.1) is 0 Å². The molecule has 2 aromatic rings. The van der Waals surface area contributed by atoms with Crippen LogP contribution >= 0.6 is 0 Å². The number of hydroxylamine groups is 2. The van der Waals surface area contributed by atoms with Gasteiger partial charge in [-0.05, 0) is 18.2 Å². The maximum Gasteiger partial charge on any atom is 0.412 e. The second-order valence-electron chi connectivity index (χ2n) is 6.91. The minimum absolute atomic E-state index is 0.0241. The number of ether oxygens (including phenoxy) is 2. The zero-order chi connectivity index (χ0) is 24.1. The van der Waals surface area contributed by atoms with E-state index in [1.54, 1.807) is 0 Å². The van der Waals surface area contributed by atoms with Gasteiger partial charge in [-0.15, -0.1) is 0 Å². The summed E-state index contributed by atoms with van der Waals surface area (Å²) in [5, 5.41) is 12.5. The number of nitrogens with zero attached hydrogens (tertiary/aromatic N) is 1. The molecule has 3 N–H and O–H groups in total. The first-order valence-corrected chi connectivity index (χ1v) is 9.64. The van der Waals surface area contributed by atoms with E-state index in [0.717, 1.165) is 6.92 Å². The SMILES string of the molecule is CC(=O)OC(C(=O)O)c1c[nH]c2ccc(OC(=O)NCC(C=O)ON3C(=O)CCC3=O)cc12. The molecule has 1 aliphatic rings. The second-order valence-corrected chi connectivity index (χ2v) is 6.91. The lowest BCUT2D eigenvalue weighted by molar-refractivity contribution is -0.199. The van der Waals surface area contributed by atoms with Crippen LogP contribution in [0.2, 0.25) is 0 Å². The molecule has 1 fully saturated rings. The van der Waals surface area contributed by atoms with Gasteiger partial charge in [0.05, 0.1) is 6.54 Å². The van der Waals surface area contributed by atoms with Crippen LogP contribution in [0.25, 0.3) is 10.9 Å². The number of H-pyrrole nitrogens is 1. The Morgan fingerprint density at radius 2 is 1.94 bits per heavy atom. The van der Waals surface area contributed by atoms with E-state index in [9.17, 15) is 33.9 Å². The Kier molecular flexibility index (Phi) is 7.03. The molecule has 174 valence electrons. The van der Waals surface area contributed by atoms with E-state index >= 15 is 0 Å². The number of imide groups is 1. The number of hydrogen-bond donors (Lipinski definition) is 3. The van der Waals surface area contributed by atoms with Crippen LogP contribution in [0.15, 0.2) is 24.4 Å². The quantitative estimate of drug-likeness (QED) is 0.272. The van der Waals surface area contributed by atoms with Crippen LogP contribution < -0.4 is 10.1 Å². The van der Waals surface area contributed by atoms with Crippen LogP contribution in [0.4, 0.5) is 4.79 Å². The lowest BCUT2D eigenvalue weighted by Crippen LogP contribution is -2.41. The molecule has 2 atom stereocenters. The fourth-order valence-electron chi connectivity index (χ4n) is 3.06. The summed E-state index contributed by atoms with van der Waals surface area (Å²) in [6.45, 7) is 0.695. The first kappa shape index (κ1) is 23.4. The maximum atomic E-state index is 12.1. The molecule has 0 saturated carbocycles. The van der Waals surface area contributed by atoms with E-state index in [1.807, 2.05) is 0 Å². The van der Waals surface area contributed by atoms with Gasteiger partial charge in [0.25, 0.3) is 11.8 Å². The summed E-state index contributed by atoms with van der Waals surface area (Å²) in [6.07, 6.45) is -2.21. The van der Waals surface area contributed by atoms with Gasteiger partial charge in [-0.25, -0.2) is 9.59 Å². The Morgan fingerprint density at radius 1 is 1.24 bits per heavy atom. The molecule has 1 aromatic heterocycles. The Morgan fingerprint density at radius 3 is 2.55 bits per heavy atom. The minimum atomic E-state index is -1.57. The van der Waals surface area contributed by atoms with E-state index in [2.05, 4.69) is 10.3 Å². The van der Waals surface area contributed by atoms with Crippen molar-refractivity contribution in [1.82, 2.24) is 15.4 Å². The first-order valence-electron chi connectivity index (χ1n) is 9.64. The number of carboxylic acid groups (broad SMARTS) is 1. The molecule has 1 aliphatic heterocycles. The number of fused-ring (bicyclic) bond motifs is 1. The van der Waals surface area contributed by atoms with Gasteiger partial charge in [0, 0.05) is 42.4 Å². The van der Waals surface area contributed by atoms with Crippen LogP contribution in [0.1, 0.15) is 31.4 Å². The molecule has 33 heavy (non-hydrogen) atoms. The van der Waals surface area contributed by atoms with Crippen molar-refractivity contribution in [3.8, 4) is 5.75 Å². The van der Waals surface area contributed by atoms with Gasteiger partial charge in [-0.1, -0.05) is 0 Å². The Bertz CT molecular complexity index is 1110. The molecule has 1 aromatic carbocycles. The zero-order valence-corrected chi connectivity index (χ0v) is 17.2. The number of rotatable bonds is 9. The molecule has 0 bridgehead atoms. The van der Waals surface area contributed by atoms with Crippen molar-refractivity contribution in [2.75, 3.05) is 6.54 Å². The predicted octanol–water partition coefficient (Wildman–Crippen LogP) is 0.593. The predicted molar refractivity (Wildman–Crippen MR) is 106 cm³/mol. The second kappa shape index (κ2) is 9.91. The molecule has 13 nitrogen and oxygen atoms in total. The highest BCUT2D eigenvalue weighted by Gasteiger charge is 2.32. The molecule has 2 heterocycles. The normalized spacial score (nSPS) is 15.2. The first-order chi connectivity index (χ1) is 15.7. The maximum absolute atomic E-state index is 12.1. The number of carbonyl (C=O) groups excluding carboxylic acids is 5. The highest BCUT2D eigenvalue weighted by molar-refractivity contribution is 6.00. The number of carbonyl (C=O) groups is 6. The Balaban J connectivity index is 1.66. The summed E-state index contributed by atoms with van der Waals surface area (Å²) >= 11 is 0. The van der Waals surface area contributed by atoms with E-state index in [4.69, 9.17) is 14.3 Å². The third-order valence-electron chi connectivity index (χ3n) is 4.53. The van der Waals surface area contributed by atoms with Crippen molar-refractivity contribution in [2.45, 2.75) is 32.0 Å². The highest BCUT2D eigenvalue weighted by Crippen LogP contribution is 2.30. The molecular weight excluding hydrogens is 442 g/mol. The monoisotopic (exact) mass is 461 g/mol. The molecule has 3 amide bonds. The van der Waals surface area contributed by atoms with E-state index < -0.39 is 42.1 Å². The van der Waals surface area contributed by atoms with Crippen molar-refractivity contribution in [3.05, 3.63) is 30.0 Å². The summed E-state index contributed by atoms with van der Waals surface area (Å²) in [7, 11) is 0. The standard InChI is InChI=1S/C20H19N3O10/c1-10(25)31-18(19(28)29)14-8-21-15-3-2-11(6-13(14)15)32-20(30)22-7-12(9-24)33-23-16(26)4-5-17(23)27/h2-3,6,8-9,12,18,21H,4-5,7H2,1H3,(H,22,30)(H,28,29). The van der Waals surface area contributed by atoms with Crippen molar-refractivity contribution in [1.29, 1.82) is 0 Å². The molecular formula is C20H19N3O10. The van der Waals surface area contributed by atoms with Gasteiger partial charge in [-0.3, -0.25) is 19.2 Å². The number of aromatic nitrogens is 1. The fourth-order valence-corrected chi connectivity index (χ4v) is 3.06. The summed E-state index contributed by atoms with van der Waals surface area (Å²) in [5.41, 5.74) is 0.651. The molecule has 3 rings (SSSR count). The van der Waals surface area contributed by atoms with E-state index in [0.29, 0.717) is 22.3 Å². The van der Waals surface area contributed by atoms with Crippen molar-refractivity contribution < 1.29 is 48.2 Å². The molecule has 2 unspecified atom stereocenters. The van der Waals surface area contributed by atoms with Gasteiger partial charge in [0.15, 0.2) is 12.4 Å². The van der Waals surface area contributed by atoms with Gasteiger partial charge in [-0.2, -0.15) is 5.06 Å². The minimum Gasteiger partial charge on any atom is -0.478 e. The third kappa shape index (κ3) is 5.51. The van der Waals surface area contributed by atoms with Crippen molar-refractivity contribution in [3.63, 3.8) is 0 Å². The number of aromatic amines is 1. The van der Waals surface area contributed by atoms with Gasteiger partial charge in [0.2, 0.25) is 6.10 Å². The average molecular weight is 461 g/mol. The van der Waals surface area contributed by atoms with Crippen LogP contribution in [-0.4, -0.2) is 63.9 Å². The number of benzene rings is 1. The zero-order valence-electron chi connectivity index (χ0n) is 17.2. The number of aliphatic carboxylic acids is 1. The number of aldehydes is 1. The summed E-state index contributed by atoms with van der Waals surface area (Å²) < 4.78 is 9.99.